The summed E-state index contributed by atoms with van der Waals surface area (Å²) in [5, 5.41) is 0. The highest BCUT2D eigenvalue weighted by Gasteiger charge is 2.26. The lowest BCUT2D eigenvalue weighted by molar-refractivity contribution is -0.134. The lowest BCUT2D eigenvalue weighted by Crippen LogP contribution is -2.42. The zero-order valence-electron chi connectivity index (χ0n) is 15.9. The zero-order valence-corrected chi connectivity index (χ0v) is 16.7. The molecule has 3 rings (SSSR count). The minimum Gasteiger partial charge on any atom is -0.474 e. The summed E-state index contributed by atoms with van der Waals surface area (Å²) >= 11 is 0. The van der Waals surface area contributed by atoms with E-state index in [0.717, 1.165) is 25.9 Å². The Labute approximate surface area is 161 Å². The maximum Gasteiger partial charge on any atom is 0.232 e. The van der Waals surface area contributed by atoms with Crippen LogP contribution in [-0.4, -0.2) is 49.2 Å². The van der Waals surface area contributed by atoms with Crippen LogP contribution >= 0.6 is 0 Å². The Kier molecular flexibility index (Phi) is 6.57. The predicted octanol–water partition coefficient (Wildman–Crippen LogP) is 2.79. The first-order chi connectivity index (χ1) is 12.9. The van der Waals surface area contributed by atoms with Crippen LogP contribution in [0.4, 0.5) is 5.69 Å². The Morgan fingerprint density at radius 2 is 1.93 bits per heavy atom. The normalized spacial score (nSPS) is 19.2. The average molecular weight is 396 g/mol. The van der Waals surface area contributed by atoms with Crippen molar-refractivity contribution in [3.05, 3.63) is 18.3 Å². The van der Waals surface area contributed by atoms with Gasteiger partial charge in [-0.1, -0.05) is 12.8 Å². The molecular formula is C19H29N3O4S. The van der Waals surface area contributed by atoms with Crippen molar-refractivity contribution in [2.75, 3.05) is 23.6 Å². The summed E-state index contributed by atoms with van der Waals surface area (Å²) in [5.74, 6) is 1.36. The number of ether oxygens (including phenoxy) is 1. The van der Waals surface area contributed by atoms with Crippen LogP contribution in [0.3, 0.4) is 0 Å². The summed E-state index contributed by atoms with van der Waals surface area (Å²) in [6, 6.07) is 3.32. The van der Waals surface area contributed by atoms with Gasteiger partial charge in [-0.2, -0.15) is 0 Å². The number of amides is 1. The summed E-state index contributed by atoms with van der Waals surface area (Å²) in [6.07, 6.45) is 8.70. The van der Waals surface area contributed by atoms with E-state index in [1.165, 1.54) is 31.9 Å². The minimum atomic E-state index is -3.30. The maximum absolute atomic E-state index is 12.4. The van der Waals surface area contributed by atoms with Crippen molar-refractivity contribution < 1.29 is 17.9 Å². The second-order valence-electron chi connectivity index (χ2n) is 7.44. The first-order valence-electron chi connectivity index (χ1n) is 9.86. The van der Waals surface area contributed by atoms with Crippen LogP contribution in [0.25, 0.3) is 0 Å². The second-order valence-corrected chi connectivity index (χ2v) is 9.45. The van der Waals surface area contributed by atoms with Gasteiger partial charge in [-0.15, -0.1) is 0 Å². The van der Waals surface area contributed by atoms with Crippen LogP contribution in [0.1, 0.15) is 51.9 Å². The molecule has 0 bridgehead atoms. The van der Waals surface area contributed by atoms with Crippen molar-refractivity contribution in [1.29, 1.82) is 0 Å². The molecule has 0 aromatic carbocycles. The van der Waals surface area contributed by atoms with Crippen molar-refractivity contribution in [3.63, 3.8) is 0 Å². The Hall–Kier alpha value is -1.83. The van der Waals surface area contributed by atoms with E-state index < -0.39 is 10.0 Å². The molecule has 7 nitrogen and oxygen atoms in total. The molecule has 1 N–H and O–H groups in total. The van der Waals surface area contributed by atoms with Crippen molar-refractivity contribution >= 4 is 21.6 Å². The number of hydrogen-bond acceptors (Lipinski definition) is 5. The van der Waals surface area contributed by atoms with E-state index in [4.69, 9.17) is 4.74 Å². The molecule has 1 aliphatic heterocycles. The number of carbonyl (C=O) groups is 1. The molecule has 2 fully saturated rings. The molecule has 0 spiro atoms. The van der Waals surface area contributed by atoms with E-state index in [0.29, 0.717) is 23.9 Å². The number of nitrogens with zero attached hydrogens (tertiary/aromatic N) is 2. The van der Waals surface area contributed by atoms with Crippen LogP contribution in [0.2, 0.25) is 0 Å². The van der Waals surface area contributed by atoms with Crippen LogP contribution in [-0.2, 0) is 14.8 Å². The summed E-state index contributed by atoms with van der Waals surface area (Å²) < 4.78 is 31.5. The molecule has 1 amide bonds. The molecule has 0 atom stereocenters. The monoisotopic (exact) mass is 395 g/mol. The molecule has 1 aliphatic carbocycles. The molecular weight excluding hydrogens is 366 g/mol. The van der Waals surface area contributed by atoms with E-state index >= 15 is 0 Å². The fourth-order valence-electron chi connectivity index (χ4n) is 3.75. The topological polar surface area (TPSA) is 88.6 Å². The number of carbonyl (C=O) groups excluding carboxylic acids is 1. The fraction of sp³-hybridized carbons (Fsp3) is 0.684. The molecule has 1 saturated heterocycles. The van der Waals surface area contributed by atoms with Crippen molar-refractivity contribution in [3.8, 4) is 5.88 Å². The van der Waals surface area contributed by atoms with Gasteiger partial charge < -0.3 is 9.64 Å². The van der Waals surface area contributed by atoms with Gasteiger partial charge in [0.1, 0.15) is 6.10 Å². The fourth-order valence-corrected chi connectivity index (χ4v) is 4.37. The van der Waals surface area contributed by atoms with Gasteiger partial charge in [0.2, 0.25) is 21.8 Å². The Bertz CT molecular complexity index is 722. The summed E-state index contributed by atoms with van der Waals surface area (Å²) in [6.45, 7) is 3.04. The number of piperidine rings is 1. The largest absolute Gasteiger partial charge is 0.474 e. The van der Waals surface area contributed by atoms with Gasteiger partial charge >= 0.3 is 0 Å². The molecule has 27 heavy (non-hydrogen) atoms. The van der Waals surface area contributed by atoms with Crippen molar-refractivity contribution in [1.82, 2.24) is 9.88 Å². The lowest BCUT2D eigenvalue weighted by Gasteiger charge is -2.32. The van der Waals surface area contributed by atoms with Crippen LogP contribution < -0.4 is 9.46 Å². The quantitative estimate of drug-likeness (QED) is 0.767. The predicted molar refractivity (Wildman–Crippen MR) is 104 cm³/mol. The van der Waals surface area contributed by atoms with Gasteiger partial charge in [0.25, 0.3) is 0 Å². The highest BCUT2D eigenvalue weighted by atomic mass is 32.2. The third kappa shape index (κ3) is 5.82. The first kappa shape index (κ1) is 19.9. The molecule has 2 heterocycles. The Morgan fingerprint density at radius 3 is 2.52 bits per heavy atom. The molecule has 0 radical (unpaired) electrons. The number of aromatic nitrogens is 1. The standard InChI is InChI=1S/C19H29N3O4S/c1-2-27(24,25)21-16-7-8-18(20-14-16)26-17-9-11-22(12-10-17)19(23)13-15-5-3-4-6-15/h7-8,14-15,17,21H,2-6,9-13H2,1H3. The maximum atomic E-state index is 12.4. The number of nitrogens with one attached hydrogen (secondary N) is 1. The van der Waals surface area contributed by atoms with Gasteiger partial charge in [-0.3, -0.25) is 9.52 Å². The average Bonchev–Trinajstić information content (AvgIpc) is 3.17. The van der Waals surface area contributed by atoms with Crippen molar-refractivity contribution in [2.24, 2.45) is 5.92 Å². The molecule has 1 saturated carbocycles. The van der Waals surface area contributed by atoms with Gasteiger partial charge in [0.15, 0.2) is 0 Å². The van der Waals surface area contributed by atoms with Gasteiger partial charge in [-0.05, 0) is 31.7 Å². The highest BCUT2D eigenvalue weighted by molar-refractivity contribution is 7.92. The van der Waals surface area contributed by atoms with Gasteiger partial charge in [-0.25, -0.2) is 13.4 Å². The molecule has 2 aliphatic rings. The van der Waals surface area contributed by atoms with E-state index in [9.17, 15) is 13.2 Å². The number of pyridine rings is 1. The van der Waals surface area contributed by atoms with E-state index in [-0.39, 0.29) is 17.8 Å². The SMILES string of the molecule is CCS(=O)(=O)Nc1ccc(OC2CCN(C(=O)CC3CCCC3)CC2)nc1. The van der Waals surface area contributed by atoms with Gasteiger partial charge in [0, 0.05) is 38.4 Å². The minimum absolute atomic E-state index is 0.0172. The number of hydrogen-bond donors (Lipinski definition) is 1. The molecule has 1 aromatic heterocycles. The van der Waals surface area contributed by atoms with Crippen LogP contribution in [0.15, 0.2) is 18.3 Å². The number of likely N-dealkylation sites (tertiary alicyclic amines) is 1. The van der Waals surface area contributed by atoms with Crippen LogP contribution in [0, 0.1) is 5.92 Å². The molecule has 150 valence electrons. The third-order valence-electron chi connectivity index (χ3n) is 5.41. The third-order valence-corrected chi connectivity index (χ3v) is 6.72. The van der Waals surface area contributed by atoms with E-state index in [1.807, 2.05) is 4.90 Å². The number of rotatable bonds is 7. The molecule has 1 aromatic rings. The second kappa shape index (κ2) is 8.91. The van der Waals surface area contributed by atoms with Crippen molar-refractivity contribution in [2.45, 2.75) is 58.0 Å². The molecule has 8 heteroatoms. The summed E-state index contributed by atoms with van der Waals surface area (Å²) in [4.78, 5) is 18.6. The highest BCUT2D eigenvalue weighted by Crippen LogP contribution is 2.28. The van der Waals surface area contributed by atoms with E-state index in [2.05, 4.69) is 9.71 Å². The Morgan fingerprint density at radius 1 is 1.22 bits per heavy atom. The molecule has 0 unspecified atom stereocenters. The zero-order chi connectivity index (χ0) is 19.3. The number of anilines is 1. The van der Waals surface area contributed by atoms with Crippen LogP contribution in [0.5, 0.6) is 5.88 Å². The number of sulfonamides is 1. The summed E-state index contributed by atoms with van der Waals surface area (Å²) in [7, 11) is -3.30. The first-order valence-corrected chi connectivity index (χ1v) is 11.5. The van der Waals surface area contributed by atoms with Gasteiger partial charge in [0.05, 0.1) is 17.6 Å². The lowest BCUT2D eigenvalue weighted by atomic mass is 10.0. The Balaban J connectivity index is 1.44. The smallest absolute Gasteiger partial charge is 0.232 e. The van der Waals surface area contributed by atoms with E-state index in [1.54, 1.807) is 19.1 Å². The summed E-state index contributed by atoms with van der Waals surface area (Å²) in [5.41, 5.74) is 0.427.